The third kappa shape index (κ3) is 8.91. The number of benzene rings is 1. The van der Waals surface area contributed by atoms with Gasteiger partial charge in [-0.15, -0.1) is 0 Å². The summed E-state index contributed by atoms with van der Waals surface area (Å²) >= 11 is 1.89. The van der Waals surface area contributed by atoms with Crippen LogP contribution in [0, 0.1) is 0 Å². The summed E-state index contributed by atoms with van der Waals surface area (Å²) in [6, 6.07) is 6.14. The van der Waals surface area contributed by atoms with E-state index in [1.165, 1.54) is 17.7 Å². The topological polar surface area (TPSA) is 54.9 Å². The van der Waals surface area contributed by atoms with Crippen molar-refractivity contribution in [3.05, 3.63) is 23.8 Å². The Kier molecular flexibility index (Phi) is 11.8. The number of hydrogen-bond donors (Lipinski definition) is 2. The molecule has 0 bridgehead atoms. The Morgan fingerprint density at radius 1 is 1.04 bits per heavy atom. The molecule has 0 unspecified atom stereocenters. The highest BCUT2D eigenvalue weighted by Crippen LogP contribution is 2.28. The van der Waals surface area contributed by atoms with E-state index in [1.807, 2.05) is 31.7 Å². The lowest BCUT2D eigenvalue weighted by atomic mass is 10.1. The summed E-state index contributed by atoms with van der Waals surface area (Å²) in [6.45, 7) is 7.02. The average Bonchev–Trinajstić information content (AvgIpc) is 2.62. The van der Waals surface area contributed by atoms with Gasteiger partial charge in [0.1, 0.15) is 0 Å². The largest absolute Gasteiger partial charge is 0.490 e. The van der Waals surface area contributed by atoms with Crippen molar-refractivity contribution in [1.82, 2.24) is 10.6 Å². The zero-order valence-electron chi connectivity index (χ0n) is 16.1. The zero-order valence-corrected chi connectivity index (χ0v) is 16.9. The lowest BCUT2D eigenvalue weighted by molar-refractivity contribution is 0.287. The summed E-state index contributed by atoms with van der Waals surface area (Å²) in [4.78, 5) is 4.27. The van der Waals surface area contributed by atoms with Crippen LogP contribution in [0.1, 0.15) is 32.3 Å². The van der Waals surface area contributed by atoms with Crippen LogP contribution >= 0.6 is 11.8 Å². The van der Waals surface area contributed by atoms with E-state index < -0.39 is 0 Å². The first-order chi connectivity index (χ1) is 12.2. The summed E-state index contributed by atoms with van der Waals surface area (Å²) in [5, 5.41) is 6.72. The van der Waals surface area contributed by atoms with Crippen LogP contribution in [0.25, 0.3) is 0 Å². The molecule has 1 rings (SSSR count). The van der Waals surface area contributed by atoms with Crippen LogP contribution in [-0.2, 0) is 6.42 Å². The molecule has 1 aromatic carbocycles. The number of nitrogens with one attached hydrogen (secondary N) is 2. The molecular weight excluding hydrogens is 334 g/mol. The van der Waals surface area contributed by atoms with Gasteiger partial charge in [0.25, 0.3) is 0 Å². The molecule has 0 fully saturated rings. The van der Waals surface area contributed by atoms with Gasteiger partial charge in [0.05, 0.1) is 13.2 Å². The molecule has 0 heterocycles. The van der Waals surface area contributed by atoms with Gasteiger partial charge in [0.15, 0.2) is 17.5 Å². The summed E-state index contributed by atoms with van der Waals surface area (Å²) in [5.74, 6) is 3.70. The van der Waals surface area contributed by atoms with Crippen molar-refractivity contribution >= 4 is 17.7 Å². The minimum Gasteiger partial charge on any atom is -0.490 e. The molecule has 5 nitrogen and oxygen atoms in total. The number of nitrogens with zero attached hydrogens (tertiary/aromatic N) is 1. The Hall–Kier alpha value is -1.56. The number of thioether (sulfide) groups is 1. The Bertz CT molecular complexity index is 509. The predicted octanol–water partition coefficient (Wildman–Crippen LogP) is 3.33. The lowest BCUT2D eigenvalue weighted by Crippen LogP contribution is -2.38. The van der Waals surface area contributed by atoms with Crippen LogP contribution in [0.3, 0.4) is 0 Å². The van der Waals surface area contributed by atoms with Gasteiger partial charge in [-0.1, -0.05) is 6.07 Å². The number of ether oxygens (including phenoxy) is 2. The van der Waals surface area contributed by atoms with Gasteiger partial charge in [-0.25, -0.2) is 0 Å². The van der Waals surface area contributed by atoms with Gasteiger partial charge in [-0.3, -0.25) is 4.99 Å². The lowest BCUT2D eigenvalue weighted by Gasteiger charge is -2.14. The number of unbranched alkanes of at least 4 members (excludes halogenated alkanes) is 1. The van der Waals surface area contributed by atoms with Gasteiger partial charge in [-0.2, -0.15) is 11.8 Å². The van der Waals surface area contributed by atoms with Crippen LogP contribution in [0.15, 0.2) is 23.2 Å². The van der Waals surface area contributed by atoms with Gasteiger partial charge in [-0.05, 0) is 62.8 Å². The van der Waals surface area contributed by atoms with E-state index in [2.05, 4.69) is 34.0 Å². The summed E-state index contributed by atoms with van der Waals surface area (Å²) in [6.07, 6.45) is 5.45. The second kappa shape index (κ2) is 13.7. The van der Waals surface area contributed by atoms with E-state index in [4.69, 9.17) is 9.47 Å². The third-order valence-electron chi connectivity index (χ3n) is 3.61. The van der Waals surface area contributed by atoms with E-state index in [0.29, 0.717) is 13.2 Å². The van der Waals surface area contributed by atoms with Gasteiger partial charge < -0.3 is 20.1 Å². The molecule has 6 heteroatoms. The second-order valence-electron chi connectivity index (χ2n) is 5.52. The predicted molar refractivity (Wildman–Crippen MR) is 109 cm³/mol. The van der Waals surface area contributed by atoms with Crippen LogP contribution in [0.5, 0.6) is 11.5 Å². The first-order valence-corrected chi connectivity index (χ1v) is 10.5. The fraction of sp³-hybridized carbons (Fsp3) is 0.632. The first-order valence-electron chi connectivity index (χ1n) is 9.07. The van der Waals surface area contributed by atoms with E-state index in [9.17, 15) is 0 Å². The summed E-state index contributed by atoms with van der Waals surface area (Å²) in [7, 11) is 1.81. The number of rotatable bonds is 12. The average molecular weight is 368 g/mol. The summed E-state index contributed by atoms with van der Waals surface area (Å²) < 4.78 is 11.3. The Morgan fingerprint density at radius 2 is 1.76 bits per heavy atom. The molecule has 25 heavy (non-hydrogen) atoms. The maximum atomic E-state index is 5.68. The van der Waals surface area contributed by atoms with Crippen molar-refractivity contribution in [2.75, 3.05) is 45.4 Å². The monoisotopic (exact) mass is 367 g/mol. The van der Waals surface area contributed by atoms with E-state index >= 15 is 0 Å². The van der Waals surface area contributed by atoms with Crippen molar-refractivity contribution in [3.63, 3.8) is 0 Å². The van der Waals surface area contributed by atoms with Crippen molar-refractivity contribution in [2.24, 2.45) is 4.99 Å². The van der Waals surface area contributed by atoms with E-state index in [1.54, 1.807) is 7.05 Å². The molecule has 0 atom stereocenters. The van der Waals surface area contributed by atoms with Crippen molar-refractivity contribution < 1.29 is 9.47 Å². The van der Waals surface area contributed by atoms with Crippen molar-refractivity contribution in [3.8, 4) is 11.5 Å². The fourth-order valence-corrected chi connectivity index (χ4v) is 2.87. The third-order valence-corrected chi connectivity index (χ3v) is 4.30. The van der Waals surface area contributed by atoms with Gasteiger partial charge >= 0.3 is 0 Å². The molecule has 0 spiro atoms. The zero-order chi connectivity index (χ0) is 18.3. The quantitative estimate of drug-likeness (QED) is 0.337. The molecule has 0 aliphatic rings. The van der Waals surface area contributed by atoms with Gasteiger partial charge in [0.2, 0.25) is 0 Å². The van der Waals surface area contributed by atoms with Crippen LogP contribution in [0.2, 0.25) is 0 Å². The normalized spacial score (nSPS) is 11.3. The highest BCUT2D eigenvalue weighted by molar-refractivity contribution is 7.98. The molecule has 2 N–H and O–H groups in total. The Labute approximate surface area is 157 Å². The maximum Gasteiger partial charge on any atom is 0.190 e. The van der Waals surface area contributed by atoms with Crippen molar-refractivity contribution in [1.29, 1.82) is 0 Å². The summed E-state index contributed by atoms with van der Waals surface area (Å²) in [5.41, 5.74) is 1.22. The van der Waals surface area contributed by atoms with Crippen LogP contribution < -0.4 is 20.1 Å². The number of guanidine groups is 1. The fourth-order valence-electron chi connectivity index (χ4n) is 2.38. The van der Waals surface area contributed by atoms with Crippen LogP contribution in [0.4, 0.5) is 0 Å². The molecule has 0 aromatic heterocycles. The van der Waals surface area contributed by atoms with E-state index in [0.717, 1.165) is 43.4 Å². The molecule has 0 amide bonds. The smallest absolute Gasteiger partial charge is 0.190 e. The Morgan fingerprint density at radius 3 is 2.44 bits per heavy atom. The number of aliphatic imine (C=N–C) groups is 1. The molecule has 1 aromatic rings. The van der Waals surface area contributed by atoms with Crippen LogP contribution in [-0.4, -0.2) is 51.3 Å². The highest BCUT2D eigenvalue weighted by Gasteiger charge is 2.06. The SMILES string of the molecule is CCOc1ccc(CCNC(=NC)NCCCCSC)cc1OCC. The molecule has 0 saturated heterocycles. The van der Waals surface area contributed by atoms with Gasteiger partial charge in [0, 0.05) is 20.1 Å². The molecule has 0 aliphatic heterocycles. The second-order valence-corrected chi connectivity index (χ2v) is 6.51. The Balaban J connectivity index is 2.42. The van der Waals surface area contributed by atoms with E-state index in [-0.39, 0.29) is 0 Å². The molecule has 0 aliphatic carbocycles. The standard InChI is InChI=1S/C19H33N3O2S/c1-5-23-17-10-9-16(15-18(17)24-6-2)11-13-22-19(20-3)21-12-7-8-14-25-4/h9-10,15H,5-8,11-14H2,1-4H3,(H2,20,21,22). The first kappa shape index (κ1) is 21.5. The molecule has 0 radical (unpaired) electrons. The minimum absolute atomic E-state index is 0.634. The highest BCUT2D eigenvalue weighted by atomic mass is 32.2. The molecule has 0 saturated carbocycles. The minimum atomic E-state index is 0.634. The molecule has 142 valence electrons. The molecular formula is C19H33N3O2S. The number of hydrogen-bond acceptors (Lipinski definition) is 4. The maximum absolute atomic E-state index is 5.68. The van der Waals surface area contributed by atoms with Crippen molar-refractivity contribution in [2.45, 2.75) is 33.1 Å².